The molecule has 1 N–H and O–H groups in total. The van der Waals surface area contributed by atoms with Gasteiger partial charge in [0, 0.05) is 66.1 Å². The molecule has 0 aliphatic carbocycles. The van der Waals surface area contributed by atoms with E-state index < -0.39 is 5.41 Å². The summed E-state index contributed by atoms with van der Waals surface area (Å²) in [7, 11) is 0. The lowest BCUT2D eigenvalue weighted by molar-refractivity contribution is -0.135. The van der Waals surface area contributed by atoms with E-state index in [1.807, 2.05) is 41.3 Å². The Balaban J connectivity index is 1.16. The maximum atomic E-state index is 13.9. The van der Waals surface area contributed by atoms with Crippen molar-refractivity contribution in [3.63, 3.8) is 0 Å². The molecule has 4 aromatic rings. The Labute approximate surface area is 265 Å². The molecule has 2 atom stereocenters. The van der Waals surface area contributed by atoms with Gasteiger partial charge in [-0.05, 0) is 42.3 Å². The first-order valence-electron chi connectivity index (χ1n) is 15.1. The largest absolute Gasteiger partial charge is 0.490 e. The van der Waals surface area contributed by atoms with E-state index in [0.29, 0.717) is 72.4 Å². The third-order valence-electron chi connectivity index (χ3n) is 8.99. The minimum atomic E-state index is -0.579. The van der Waals surface area contributed by atoms with Crippen molar-refractivity contribution in [1.29, 1.82) is 0 Å². The number of benzene rings is 3. The van der Waals surface area contributed by atoms with Gasteiger partial charge in [-0.15, -0.1) is 0 Å². The molecule has 3 aromatic carbocycles. The zero-order valence-corrected chi connectivity index (χ0v) is 25.3. The van der Waals surface area contributed by atoms with E-state index >= 15 is 0 Å². The van der Waals surface area contributed by atoms with Gasteiger partial charge >= 0.3 is 0 Å². The van der Waals surface area contributed by atoms with Crippen LogP contribution in [-0.2, 0) is 16.0 Å². The normalized spacial score (nSPS) is 21.4. The van der Waals surface area contributed by atoms with E-state index in [9.17, 15) is 14.4 Å². The number of hydrogen-bond acceptors (Lipinski definition) is 7. The monoisotopic (exact) mass is 625 g/mol. The number of ether oxygens (including phenoxy) is 2. The van der Waals surface area contributed by atoms with Gasteiger partial charge in [0.05, 0.1) is 37.2 Å². The third kappa shape index (κ3) is 5.66. The number of nitrogens with zero attached hydrogens (tertiary/aromatic N) is 4. The third-order valence-corrected chi connectivity index (χ3v) is 9.36. The van der Waals surface area contributed by atoms with Gasteiger partial charge in [0.25, 0.3) is 5.91 Å². The number of rotatable bonds is 3. The maximum Gasteiger partial charge on any atom is 0.253 e. The van der Waals surface area contributed by atoms with Crippen LogP contribution in [0.3, 0.4) is 0 Å². The van der Waals surface area contributed by atoms with Crippen molar-refractivity contribution < 1.29 is 23.9 Å². The van der Waals surface area contributed by atoms with Crippen LogP contribution in [0.15, 0.2) is 73.1 Å². The molecule has 1 fully saturated rings. The van der Waals surface area contributed by atoms with Gasteiger partial charge in [-0.25, -0.2) is 0 Å². The maximum absolute atomic E-state index is 13.9. The van der Waals surface area contributed by atoms with Crippen molar-refractivity contribution in [2.45, 2.75) is 18.8 Å². The molecule has 5 heterocycles. The number of halogens is 1. The number of amides is 3. The quantitative estimate of drug-likeness (QED) is 0.368. The Bertz CT molecular complexity index is 1800. The summed E-state index contributed by atoms with van der Waals surface area (Å²) in [5.74, 6) is 0.623. The second kappa shape index (κ2) is 12.0. The topological polar surface area (TPSA) is 114 Å². The highest BCUT2D eigenvalue weighted by molar-refractivity contribution is 6.31. The van der Waals surface area contributed by atoms with Crippen LogP contribution in [0.4, 0.5) is 0 Å². The highest BCUT2D eigenvalue weighted by Gasteiger charge is 2.53. The highest BCUT2D eigenvalue weighted by atomic mass is 35.5. The van der Waals surface area contributed by atoms with Crippen LogP contribution < -0.4 is 14.8 Å². The molecule has 0 saturated carbocycles. The molecule has 1 spiro atoms. The SMILES string of the molecule is O=C1CN(C(=O)Cc2ccccc2Cl)CCCOc2cccc3c2OC[C@@]2(CN1)CN(C(=O)c1ccc4nccnc4c1)C[C@@H]32. The Hall–Kier alpha value is -4.70. The summed E-state index contributed by atoms with van der Waals surface area (Å²) in [6.45, 7) is 2.00. The molecule has 1 aromatic heterocycles. The number of carbonyl (C=O) groups is 3. The fourth-order valence-corrected chi connectivity index (χ4v) is 6.85. The average Bonchev–Trinajstić information content (AvgIpc) is 3.46. The summed E-state index contributed by atoms with van der Waals surface area (Å²) in [5.41, 5.74) is 2.99. The first kappa shape index (κ1) is 29.0. The number of likely N-dealkylation sites (tertiary alicyclic amines) is 1. The van der Waals surface area contributed by atoms with Crippen LogP contribution in [0.1, 0.15) is 33.8 Å². The number of aromatic nitrogens is 2. The smallest absolute Gasteiger partial charge is 0.253 e. The van der Waals surface area contributed by atoms with Gasteiger partial charge in [-0.2, -0.15) is 0 Å². The molecule has 1 saturated heterocycles. The highest BCUT2D eigenvalue weighted by Crippen LogP contribution is 2.52. The Morgan fingerprint density at radius 3 is 2.71 bits per heavy atom. The zero-order chi connectivity index (χ0) is 31.0. The summed E-state index contributed by atoms with van der Waals surface area (Å²) in [6, 6.07) is 18.4. The van der Waals surface area contributed by atoms with E-state index in [0.717, 1.165) is 11.1 Å². The van der Waals surface area contributed by atoms with Gasteiger partial charge in [0.15, 0.2) is 11.5 Å². The van der Waals surface area contributed by atoms with Crippen molar-refractivity contribution in [2.24, 2.45) is 5.41 Å². The molecule has 45 heavy (non-hydrogen) atoms. The lowest BCUT2D eigenvalue weighted by Gasteiger charge is -2.40. The number of fused-ring (bicyclic) bond motifs is 10. The number of para-hydroxylation sites is 1. The van der Waals surface area contributed by atoms with Crippen molar-refractivity contribution in [3.05, 3.63) is 94.8 Å². The molecule has 0 unspecified atom stereocenters. The molecule has 8 rings (SSSR count). The van der Waals surface area contributed by atoms with Crippen molar-refractivity contribution in [2.75, 3.05) is 45.9 Å². The molecule has 11 heteroatoms. The second-order valence-electron chi connectivity index (χ2n) is 11.9. The van der Waals surface area contributed by atoms with E-state index in [2.05, 4.69) is 15.3 Å². The Morgan fingerprint density at radius 2 is 1.84 bits per heavy atom. The number of nitrogens with one attached hydrogen (secondary N) is 1. The van der Waals surface area contributed by atoms with Gasteiger partial charge in [-0.3, -0.25) is 24.4 Å². The summed E-state index contributed by atoms with van der Waals surface area (Å²) < 4.78 is 12.6. The molecule has 0 radical (unpaired) electrons. The summed E-state index contributed by atoms with van der Waals surface area (Å²) in [6.07, 6.45) is 3.85. The first-order valence-corrected chi connectivity index (χ1v) is 15.4. The zero-order valence-electron chi connectivity index (χ0n) is 24.6. The minimum absolute atomic E-state index is 0.0945. The van der Waals surface area contributed by atoms with Gasteiger partial charge < -0.3 is 24.6 Å². The van der Waals surface area contributed by atoms with E-state index in [4.69, 9.17) is 21.1 Å². The fraction of sp³-hybridized carbons (Fsp3) is 0.324. The molecular formula is C34H32ClN5O5. The van der Waals surface area contributed by atoms with Crippen LogP contribution in [-0.4, -0.2) is 83.4 Å². The molecule has 4 aliphatic heterocycles. The van der Waals surface area contributed by atoms with Crippen molar-refractivity contribution in [1.82, 2.24) is 25.1 Å². The van der Waals surface area contributed by atoms with E-state index in [1.165, 1.54) is 0 Å². The summed E-state index contributed by atoms with van der Waals surface area (Å²) in [4.78, 5) is 52.7. The lowest BCUT2D eigenvalue weighted by atomic mass is 9.73. The predicted octanol–water partition coefficient (Wildman–Crippen LogP) is 3.87. The molecular weight excluding hydrogens is 594 g/mol. The predicted molar refractivity (Wildman–Crippen MR) is 167 cm³/mol. The fourth-order valence-electron chi connectivity index (χ4n) is 6.65. The van der Waals surface area contributed by atoms with Crippen LogP contribution in [0.5, 0.6) is 11.5 Å². The molecule has 4 bridgehead atoms. The van der Waals surface area contributed by atoms with Crippen LogP contribution >= 0.6 is 11.6 Å². The lowest BCUT2D eigenvalue weighted by Crippen LogP contribution is -2.50. The molecule has 3 amide bonds. The first-order chi connectivity index (χ1) is 21.9. The van der Waals surface area contributed by atoms with Crippen LogP contribution in [0.2, 0.25) is 5.02 Å². The molecule has 10 nitrogen and oxygen atoms in total. The molecule has 4 aliphatic rings. The van der Waals surface area contributed by atoms with Crippen molar-refractivity contribution in [3.8, 4) is 11.5 Å². The van der Waals surface area contributed by atoms with Gasteiger partial charge in [0.1, 0.15) is 0 Å². The van der Waals surface area contributed by atoms with Crippen LogP contribution in [0, 0.1) is 5.41 Å². The van der Waals surface area contributed by atoms with Gasteiger partial charge in [-0.1, -0.05) is 41.9 Å². The Kier molecular flexibility index (Phi) is 7.75. The summed E-state index contributed by atoms with van der Waals surface area (Å²) in [5, 5.41) is 3.61. The van der Waals surface area contributed by atoms with Crippen LogP contribution in [0.25, 0.3) is 11.0 Å². The molecule has 230 valence electrons. The standard InChI is InChI=1S/C34H32ClN5O5/c35-26-7-2-1-5-22(26)16-31(42)39-13-4-14-44-29-8-3-6-24-25-17-40(20-34(25,21-45-32(24)29)19-38-30(41)18-39)33(43)23-9-10-27-28(15-23)37-12-11-36-27/h1-3,5-12,15,25H,4,13-14,16-21H2,(H,38,41)/t25-,34+/m0/s1. The van der Waals surface area contributed by atoms with Crippen molar-refractivity contribution >= 4 is 40.4 Å². The second-order valence-corrected chi connectivity index (χ2v) is 12.3. The van der Waals surface area contributed by atoms with E-state index in [1.54, 1.807) is 41.6 Å². The van der Waals surface area contributed by atoms with E-state index in [-0.39, 0.29) is 43.1 Å². The summed E-state index contributed by atoms with van der Waals surface area (Å²) >= 11 is 6.32. The number of carbonyl (C=O) groups excluding carboxylic acids is 3. The number of hydrogen-bond donors (Lipinski definition) is 1. The minimum Gasteiger partial charge on any atom is -0.490 e. The van der Waals surface area contributed by atoms with Gasteiger partial charge in [0.2, 0.25) is 11.8 Å². The average molecular weight is 626 g/mol. The Morgan fingerprint density at radius 1 is 1.00 bits per heavy atom.